The monoisotopic (exact) mass is 291 g/mol. The van der Waals surface area contributed by atoms with E-state index in [9.17, 15) is 0 Å². The Morgan fingerprint density at radius 3 is 2.70 bits per heavy atom. The van der Waals surface area contributed by atoms with E-state index < -0.39 is 0 Å². The number of hydrogen-bond acceptors (Lipinski definition) is 3. The van der Waals surface area contributed by atoms with Crippen molar-refractivity contribution in [2.75, 3.05) is 0 Å². The Morgan fingerprint density at radius 2 is 2.10 bits per heavy atom. The van der Waals surface area contributed by atoms with E-state index in [1.165, 1.54) is 16.4 Å². The third-order valence-corrected chi connectivity index (χ3v) is 4.07. The minimum Gasteiger partial charge on any atom is -0.343 e. The van der Waals surface area contributed by atoms with Gasteiger partial charge in [-0.1, -0.05) is 34.6 Å². The van der Waals surface area contributed by atoms with Crippen molar-refractivity contribution in [1.82, 2.24) is 14.9 Å². The third kappa shape index (κ3) is 3.93. The summed E-state index contributed by atoms with van der Waals surface area (Å²) in [7, 11) is 0. The van der Waals surface area contributed by atoms with Crippen LogP contribution < -0.4 is 5.32 Å². The fourth-order valence-electron chi connectivity index (χ4n) is 1.95. The average molecular weight is 291 g/mol. The van der Waals surface area contributed by atoms with Crippen LogP contribution in [0.15, 0.2) is 23.7 Å². The Kier molecular flexibility index (Phi) is 4.66. The molecule has 2 aromatic rings. The van der Waals surface area contributed by atoms with Crippen molar-refractivity contribution in [2.24, 2.45) is 0 Å². The molecule has 1 N–H and O–H groups in total. The lowest BCUT2D eigenvalue weighted by Gasteiger charge is -2.14. The van der Waals surface area contributed by atoms with Crippen LogP contribution in [0.5, 0.6) is 0 Å². The summed E-state index contributed by atoms with van der Waals surface area (Å²) in [4.78, 5) is 4.77. The first-order valence-electron chi connectivity index (χ1n) is 7.18. The number of thiazole rings is 1. The van der Waals surface area contributed by atoms with Gasteiger partial charge in [0.25, 0.3) is 0 Å². The molecule has 0 bridgehead atoms. The zero-order valence-corrected chi connectivity index (χ0v) is 13.9. The van der Waals surface area contributed by atoms with Crippen molar-refractivity contribution in [2.45, 2.75) is 59.2 Å². The standard InChI is InChI=1S/C16H25N3S/c1-12(2)17-9-13-7-6-8-19(13)10-15-18-14(11-20-15)16(3,4)5/h6-8,11-12,17H,9-10H2,1-5H3. The SMILES string of the molecule is CC(C)NCc1cccn1Cc1nc(C(C)(C)C)cs1. The molecule has 0 atom stereocenters. The molecule has 0 amide bonds. The number of hydrogen-bond donors (Lipinski definition) is 1. The van der Waals surface area contributed by atoms with Crippen LogP contribution in [0.3, 0.4) is 0 Å². The molecule has 0 saturated carbocycles. The first-order chi connectivity index (χ1) is 9.36. The maximum atomic E-state index is 4.77. The summed E-state index contributed by atoms with van der Waals surface area (Å²) in [6, 6.07) is 4.79. The minimum atomic E-state index is 0.132. The molecule has 0 aliphatic rings. The Labute approximate surface area is 126 Å². The van der Waals surface area contributed by atoms with E-state index in [1.807, 2.05) is 0 Å². The molecule has 2 aromatic heterocycles. The Bertz CT molecular complexity index is 546. The summed E-state index contributed by atoms with van der Waals surface area (Å²) >= 11 is 1.76. The summed E-state index contributed by atoms with van der Waals surface area (Å²) in [5.41, 5.74) is 2.63. The second-order valence-electron chi connectivity index (χ2n) is 6.54. The molecule has 0 aliphatic heterocycles. The highest BCUT2D eigenvalue weighted by molar-refractivity contribution is 7.09. The van der Waals surface area contributed by atoms with Crippen LogP contribution in [-0.4, -0.2) is 15.6 Å². The normalized spacial score (nSPS) is 12.3. The molecule has 110 valence electrons. The molecule has 0 fully saturated rings. The van der Waals surface area contributed by atoms with Crippen LogP contribution in [0, 0.1) is 0 Å². The zero-order valence-electron chi connectivity index (χ0n) is 13.1. The van der Waals surface area contributed by atoms with Crippen molar-refractivity contribution >= 4 is 11.3 Å². The molecule has 4 heteroatoms. The van der Waals surface area contributed by atoms with E-state index in [0.29, 0.717) is 6.04 Å². The third-order valence-electron chi connectivity index (χ3n) is 3.24. The van der Waals surface area contributed by atoms with Crippen molar-refractivity contribution in [3.8, 4) is 0 Å². The van der Waals surface area contributed by atoms with Gasteiger partial charge in [0.1, 0.15) is 5.01 Å². The Balaban J connectivity index is 2.07. The van der Waals surface area contributed by atoms with Gasteiger partial charge >= 0.3 is 0 Å². The number of rotatable bonds is 5. The Morgan fingerprint density at radius 1 is 1.35 bits per heavy atom. The Hall–Kier alpha value is -1.13. The molecular weight excluding hydrogens is 266 g/mol. The maximum Gasteiger partial charge on any atom is 0.113 e. The van der Waals surface area contributed by atoms with Gasteiger partial charge in [-0.05, 0) is 12.1 Å². The van der Waals surface area contributed by atoms with E-state index >= 15 is 0 Å². The lowest BCUT2D eigenvalue weighted by Crippen LogP contribution is -2.23. The number of nitrogens with one attached hydrogen (secondary N) is 1. The van der Waals surface area contributed by atoms with Gasteiger partial charge in [0.2, 0.25) is 0 Å². The second kappa shape index (κ2) is 6.10. The minimum absolute atomic E-state index is 0.132. The van der Waals surface area contributed by atoms with Gasteiger partial charge < -0.3 is 9.88 Å². The molecule has 2 rings (SSSR count). The van der Waals surface area contributed by atoms with E-state index in [1.54, 1.807) is 11.3 Å². The van der Waals surface area contributed by atoms with Gasteiger partial charge in [0, 0.05) is 35.3 Å². The number of nitrogens with zero attached hydrogens (tertiary/aromatic N) is 2. The van der Waals surface area contributed by atoms with Crippen molar-refractivity contribution in [3.63, 3.8) is 0 Å². The molecular formula is C16H25N3S. The summed E-state index contributed by atoms with van der Waals surface area (Å²) in [5.74, 6) is 0. The quantitative estimate of drug-likeness (QED) is 0.908. The molecule has 2 heterocycles. The fraction of sp³-hybridized carbons (Fsp3) is 0.562. The average Bonchev–Trinajstić information content (AvgIpc) is 2.95. The fourth-order valence-corrected chi connectivity index (χ4v) is 2.97. The zero-order chi connectivity index (χ0) is 14.8. The summed E-state index contributed by atoms with van der Waals surface area (Å²) < 4.78 is 2.28. The van der Waals surface area contributed by atoms with E-state index in [2.05, 4.69) is 68.2 Å². The molecule has 0 radical (unpaired) electrons. The predicted octanol–water partition coefficient (Wildman–Crippen LogP) is 3.79. The highest BCUT2D eigenvalue weighted by Gasteiger charge is 2.17. The van der Waals surface area contributed by atoms with Gasteiger partial charge in [-0.25, -0.2) is 4.98 Å². The van der Waals surface area contributed by atoms with Crippen LogP contribution >= 0.6 is 11.3 Å². The summed E-state index contributed by atoms with van der Waals surface area (Å²) in [6.45, 7) is 12.7. The molecule has 0 aliphatic carbocycles. The highest BCUT2D eigenvalue weighted by atomic mass is 32.1. The van der Waals surface area contributed by atoms with Gasteiger partial charge in [0.05, 0.1) is 12.2 Å². The van der Waals surface area contributed by atoms with Crippen LogP contribution in [-0.2, 0) is 18.5 Å². The molecule has 0 spiro atoms. The smallest absolute Gasteiger partial charge is 0.113 e. The first kappa shape index (κ1) is 15.3. The highest BCUT2D eigenvalue weighted by Crippen LogP contribution is 2.24. The van der Waals surface area contributed by atoms with Crippen LogP contribution in [0.1, 0.15) is 51.0 Å². The lowest BCUT2D eigenvalue weighted by molar-refractivity contribution is 0.559. The van der Waals surface area contributed by atoms with Crippen molar-refractivity contribution < 1.29 is 0 Å². The predicted molar refractivity (Wildman–Crippen MR) is 86.3 cm³/mol. The summed E-state index contributed by atoms with van der Waals surface area (Å²) in [5, 5.41) is 6.83. The molecule has 0 aromatic carbocycles. The van der Waals surface area contributed by atoms with Gasteiger partial charge in [-0.3, -0.25) is 0 Å². The lowest BCUT2D eigenvalue weighted by atomic mass is 9.93. The van der Waals surface area contributed by atoms with Gasteiger partial charge in [0.15, 0.2) is 0 Å². The van der Waals surface area contributed by atoms with Crippen molar-refractivity contribution in [1.29, 1.82) is 0 Å². The van der Waals surface area contributed by atoms with E-state index in [4.69, 9.17) is 4.98 Å². The molecule has 20 heavy (non-hydrogen) atoms. The molecule has 3 nitrogen and oxygen atoms in total. The van der Waals surface area contributed by atoms with E-state index in [0.717, 1.165) is 13.1 Å². The van der Waals surface area contributed by atoms with Gasteiger partial charge in [-0.2, -0.15) is 0 Å². The molecule has 0 saturated heterocycles. The first-order valence-corrected chi connectivity index (χ1v) is 8.06. The second-order valence-corrected chi connectivity index (χ2v) is 7.48. The van der Waals surface area contributed by atoms with Crippen LogP contribution in [0.4, 0.5) is 0 Å². The topological polar surface area (TPSA) is 29.9 Å². The largest absolute Gasteiger partial charge is 0.343 e. The maximum absolute atomic E-state index is 4.77. The van der Waals surface area contributed by atoms with Crippen LogP contribution in [0.25, 0.3) is 0 Å². The van der Waals surface area contributed by atoms with E-state index in [-0.39, 0.29) is 5.41 Å². The summed E-state index contributed by atoms with van der Waals surface area (Å²) in [6.07, 6.45) is 2.13. The number of aromatic nitrogens is 2. The van der Waals surface area contributed by atoms with Gasteiger partial charge in [-0.15, -0.1) is 11.3 Å². The molecule has 0 unspecified atom stereocenters. The van der Waals surface area contributed by atoms with Crippen molar-refractivity contribution in [3.05, 3.63) is 40.1 Å². The van der Waals surface area contributed by atoms with Crippen LogP contribution in [0.2, 0.25) is 0 Å².